The summed E-state index contributed by atoms with van der Waals surface area (Å²) >= 11 is 5.90. The number of aromatic nitrogens is 2. The molecule has 2 N–H and O–H groups in total. The molecule has 26 heavy (non-hydrogen) atoms. The van der Waals surface area contributed by atoms with E-state index in [1.807, 2.05) is 0 Å². The molecule has 0 radical (unpaired) electrons. The minimum atomic E-state index is -4.41. The van der Waals surface area contributed by atoms with Crippen LogP contribution >= 0.6 is 11.6 Å². The number of hydrogen-bond acceptors (Lipinski definition) is 7. The van der Waals surface area contributed by atoms with Crippen LogP contribution in [0.4, 0.5) is 10.7 Å². The standard InChI is InChI=1S/C15H15ClN4O5S/c1-8-7-9(2)18-14(17-8)19-15(22)20-26(23,24)11-6-4-5-10(16)12(11)13(21)25-3/h4-7H,1-3H3,(H2,17,18,19,20,22). The zero-order chi connectivity index (χ0) is 19.5. The monoisotopic (exact) mass is 398 g/mol. The van der Waals surface area contributed by atoms with E-state index in [0.717, 1.165) is 13.2 Å². The van der Waals surface area contributed by atoms with Crippen molar-refractivity contribution in [2.24, 2.45) is 0 Å². The fourth-order valence-electron chi connectivity index (χ4n) is 2.11. The molecule has 11 heteroatoms. The van der Waals surface area contributed by atoms with E-state index < -0.39 is 26.9 Å². The van der Waals surface area contributed by atoms with E-state index in [-0.39, 0.29) is 16.5 Å². The molecule has 0 atom stereocenters. The quantitative estimate of drug-likeness (QED) is 0.754. The van der Waals surface area contributed by atoms with Gasteiger partial charge in [0, 0.05) is 11.4 Å². The third kappa shape index (κ3) is 4.46. The second-order valence-electron chi connectivity index (χ2n) is 5.14. The molecule has 0 saturated carbocycles. The summed E-state index contributed by atoms with van der Waals surface area (Å²) in [4.78, 5) is 31.3. The van der Waals surface area contributed by atoms with Crippen molar-refractivity contribution in [3.05, 3.63) is 46.2 Å². The van der Waals surface area contributed by atoms with E-state index in [0.29, 0.717) is 11.4 Å². The summed E-state index contributed by atoms with van der Waals surface area (Å²) in [5.74, 6) is -1.01. The van der Waals surface area contributed by atoms with Gasteiger partial charge in [0.2, 0.25) is 5.95 Å². The molecule has 0 bridgehead atoms. The number of halogens is 1. The van der Waals surface area contributed by atoms with E-state index >= 15 is 0 Å². The lowest BCUT2D eigenvalue weighted by atomic mass is 10.2. The van der Waals surface area contributed by atoms with E-state index in [1.54, 1.807) is 24.6 Å². The average Bonchev–Trinajstić information content (AvgIpc) is 2.52. The Morgan fingerprint density at radius 3 is 2.35 bits per heavy atom. The third-order valence-electron chi connectivity index (χ3n) is 3.09. The number of esters is 1. The number of sulfonamides is 1. The number of benzene rings is 1. The summed E-state index contributed by atoms with van der Waals surface area (Å²) < 4.78 is 31.3. The Morgan fingerprint density at radius 2 is 1.77 bits per heavy atom. The van der Waals surface area contributed by atoms with Gasteiger partial charge in [0.05, 0.1) is 17.7 Å². The van der Waals surface area contributed by atoms with E-state index in [9.17, 15) is 18.0 Å². The highest BCUT2D eigenvalue weighted by Crippen LogP contribution is 2.24. The van der Waals surface area contributed by atoms with E-state index in [4.69, 9.17) is 11.6 Å². The van der Waals surface area contributed by atoms with Gasteiger partial charge in [-0.3, -0.25) is 5.32 Å². The molecular formula is C15H15ClN4O5S. The number of methoxy groups -OCH3 is 1. The van der Waals surface area contributed by atoms with Gasteiger partial charge in [-0.15, -0.1) is 0 Å². The van der Waals surface area contributed by atoms with Crippen LogP contribution in [0.3, 0.4) is 0 Å². The Labute approximate surface area is 154 Å². The minimum Gasteiger partial charge on any atom is -0.465 e. The molecule has 1 aromatic carbocycles. The van der Waals surface area contributed by atoms with Gasteiger partial charge in [-0.1, -0.05) is 17.7 Å². The van der Waals surface area contributed by atoms with Crippen molar-refractivity contribution in [3.8, 4) is 0 Å². The van der Waals surface area contributed by atoms with Crippen LogP contribution in [0.1, 0.15) is 21.7 Å². The van der Waals surface area contributed by atoms with Crippen molar-refractivity contribution < 1.29 is 22.7 Å². The molecule has 9 nitrogen and oxygen atoms in total. The van der Waals surface area contributed by atoms with Crippen molar-refractivity contribution in [2.75, 3.05) is 12.4 Å². The number of rotatable bonds is 4. The highest BCUT2D eigenvalue weighted by Gasteiger charge is 2.27. The zero-order valence-corrected chi connectivity index (χ0v) is 15.6. The third-order valence-corrected chi connectivity index (χ3v) is 4.78. The fourth-order valence-corrected chi connectivity index (χ4v) is 3.55. The van der Waals surface area contributed by atoms with Crippen molar-refractivity contribution in [1.82, 2.24) is 14.7 Å². The van der Waals surface area contributed by atoms with E-state index in [2.05, 4.69) is 20.0 Å². The van der Waals surface area contributed by atoms with Crippen LogP contribution in [0.15, 0.2) is 29.2 Å². The van der Waals surface area contributed by atoms with Gasteiger partial charge in [-0.2, -0.15) is 0 Å². The van der Waals surface area contributed by atoms with Crippen molar-refractivity contribution in [2.45, 2.75) is 18.7 Å². The molecule has 0 spiro atoms. The molecule has 138 valence electrons. The molecule has 0 aliphatic heterocycles. The molecular weight excluding hydrogens is 384 g/mol. The number of amides is 2. The number of nitrogens with one attached hydrogen (secondary N) is 2. The normalized spacial score (nSPS) is 10.9. The minimum absolute atomic E-state index is 0.0607. The maximum absolute atomic E-state index is 12.5. The van der Waals surface area contributed by atoms with Crippen molar-refractivity contribution in [1.29, 1.82) is 0 Å². The van der Waals surface area contributed by atoms with Crippen LogP contribution < -0.4 is 10.0 Å². The molecule has 0 saturated heterocycles. The first kappa shape index (κ1) is 19.6. The van der Waals surface area contributed by atoms with Gasteiger partial charge in [0.15, 0.2) is 0 Å². The number of hydrogen-bond donors (Lipinski definition) is 2. The van der Waals surface area contributed by atoms with Crippen LogP contribution in [0.25, 0.3) is 0 Å². The second-order valence-corrected chi connectivity index (χ2v) is 7.20. The van der Waals surface area contributed by atoms with Gasteiger partial charge in [-0.05, 0) is 32.0 Å². The van der Waals surface area contributed by atoms with Gasteiger partial charge in [0.25, 0.3) is 10.0 Å². The summed E-state index contributed by atoms with van der Waals surface area (Å²) in [6, 6.07) is 4.38. The zero-order valence-electron chi connectivity index (χ0n) is 14.0. The Bertz CT molecular complexity index is 958. The molecule has 2 aromatic rings. The second kappa shape index (κ2) is 7.67. The van der Waals surface area contributed by atoms with Crippen LogP contribution in [0.5, 0.6) is 0 Å². The molecule has 0 aliphatic carbocycles. The van der Waals surface area contributed by atoms with Gasteiger partial charge >= 0.3 is 12.0 Å². The highest BCUT2D eigenvalue weighted by atomic mass is 35.5. The number of ether oxygens (including phenoxy) is 1. The van der Waals surface area contributed by atoms with Crippen LogP contribution in [0.2, 0.25) is 5.02 Å². The highest BCUT2D eigenvalue weighted by molar-refractivity contribution is 7.90. The molecule has 0 unspecified atom stereocenters. The summed E-state index contributed by atoms with van der Waals surface area (Å²) in [6.07, 6.45) is 0. The Kier molecular flexibility index (Phi) is 5.78. The van der Waals surface area contributed by atoms with Crippen LogP contribution in [0, 0.1) is 13.8 Å². The smallest absolute Gasteiger partial charge is 0.340 e. The fraction of sp³-hybridized carbons (Fsp3) is 0.200. The number of nitrogens with zero attached hydrogens (tertiary/aromatic N) is 2. The van der Waals surface area contributed by atoms with Crippen LogP contribution in [-0.4, -0.2) is 37.5 Å². The maximum atomic E-state index is 12.5. The molecule has 0 fully saturated rings. The average molecular weight is 399 g/mol. The van der Waals surface area contributed by atoms with Crippen molar-refractivity contribution in [3.63, 3.8) is 0 Å². The summed E-state index contributed by atoms with van der Waals surface area (Å²) in [5.41, 5.74) is 0.816. The molecule has 1 aromatic heterocycles. The lowest BCUT2D eigenvalue weighted by Crippen LogP contribution is -2.35. The predicted octanol–water partition coefficient (Wildman–Crippen LogP) is 2.04. The predicted molar refractivity (Wildman–Crippen MR) is 93.6 cm³/mol. The summed E-state index contributed by atoms with van der Waals surface area (Å²) in [5, 5.41) is 2.10. The first-order valence-corrected chi connectivity index (χ1v) is 9.03. The van der Waals surface area contributed by atoms with Gasteiger partial charge in [-0.25, -0.2) is 32.7 Å². The number of anilines is 1. The van der Waals surface area contributed by atoms with E-state index in [1.165, 1.54) is 12.1 Å². The lowest BCUT2D eigenvalue weighted by molar-refractivity contribution is 0.0596. The Balaban J connectivity index is 2.30. The first-order chi connectivity index (χ1) is 12.1. The van der Waals surface area contributed by atoms with Crippen LogP contribution in [-0.2, 0) is 14.8 Å². The van der Waals surface area contributed by atoms with Crippen molar-refractivity contribution >= 4 is 39.6 Å². The number of carbonyl (C=O) groups is 2. The Hall–Kier alpha value is -2.72. The maximum Gasteiger partial charge on any atom is 0.340 e. The van der Waals surface area contributed by atoms with Gasteiger partial charge < -0.3 is 4.74 Å². The Morgan fingerprint density at radius 1 is 1.15 bits per heavy atom. The number of carbonyl (C=O) groups excluding carboxylic acids is 2. The molecule has 0 aliphatic rings. The first-order valence-electron chi connectivity index (χ1n) is 7.17. The number of aryl methyl sites for hydroxylation is 2. The lowest BCUT2D eigenvalue weighted by Gasteiger charge is -2.12. The SMILES string of the molecule is COC(=O)c1c(Cl)cccc1S(=O)(=O)NC(=O)Nc1nc(C)cc(C)n1. The molecule has 1 heterocycles. The summed E-state index contributed by atoms with van der Waals surface area (Å²) in [7, 11) is -3.33. The van der Waals surface area contributed by atoms with Gasteiger partial charge in [0.1, 0.15) is 4.90 Å². The topological polar surface area (TPSA) is 127 Å². The number of urea groups is 1. The summed E-state index contributed by atoms with van der Waals surface area (Å²) in [6.45, 7) is 3.40. The molecule has 2 amide bonds. The largest absolute Gasteiger partial charge is 0.465 e. The molecule has 2 rings (SSSR count).